The molecule has 0 spiro atoms. The highest BCUT2D eigenvalue weighted by molar-refractivity contribution is 9.10. The summed E-state index contributed by atoms with van der Waals surface area (Å²) in [7, 11) is 0. The van der Waals surface area contributed by atoms with E-state index in [1.54, 1.807) is 0 Å². The normalized spacial score (nSPS) is 11.2. The Kier molecular flexibility index (Phi) is 2.57. The molecule has 98 valence electrons. The number of aromatic nitrogens is 2. The third-order valence-corrected chi connectivity index (χ3v) is 4.00. The van der Waals surface area contributed by atoms with Crippen molar-refractivity contribution < 1.29 is 0 Å². The van der Waals surface area contributed by atoms with Gasteiger partial charge in [-0.25, -0.2) is 0 Å². The molecule has 2 aromatic carbocycles. The maximum Gasteiger partial charge on any atom is 0.0642 e. The second-order valence-electron chi connectivity index (χ2n) is 4.77. The Morgan fingerprint density at radius 1 is 0.800 bits per heavy atom. The number of anilines is 2. The summed E-state index contributed by atoms with van der Waals surface area (Å²) < 4.78 is 1.08. The van der Waals surface area contributed by atoms with Crippen molar-refractivity contribution in [3.05, 3.63) is 59.3 Å². The quantitative estimate of drug-likeness (QED) is 0.468. The highest BCUT2D eigenvalue weighted by atomic mass is 79.9. The molecule has 4 heteroatoms. The Morgan fingerprint density at radius 2 is 1.50 bits per heavy atom. The van der Waals surface area contributed by atoms with Crippen molar-refractivity contribution in [2.24, 2.45) is 0 Å². The summed E-state index contributed by atoms with van der Waals surface area (Å²) in [5.41, 5.74) is 4.42. The number of nitrogens with one attached hydrogen (secondary N) is 3. The molecular weight excluding hydrogens is 314 g/mol. The van der Waals surface area contributed by atoms with Crippen LogP contribution in [0.3, 0.4) is 0 Å². The minimum atomic E-state index is 1.08. The predicted octanol–water partition coefficient (Wildman–Crippen LogP) is 5.16. The molecule has 0 aliphatic carbocycles. The zero-order chi connectivity index (χ0) is 13.5. The molecule has 2 heterocycles. The number of benzene rings is 2. The van der Waals surface area contributed by atoms with Gasteiger partial charge >= 0.3 is 0 Å². The van der Waals surface area contributed by atoms with Crippen molar-refractivity contribution in [2.45, 2.75) is 0 Å². The average molecular weight is 326 g/mol. The fraction of sp³-hybridized carbons (Fsp3) is 0. The topological polar surface area (TPSA) is 43.6 Å². The van der Waals surface area contributed by atoms with Crippen LogP contribution in [0.15, 0.2) is 59.3 Å². The largest absolute Gasteiger partial charge is 0.359 e. The summed E-state index contributed by atoms with van der Waals surface area (Å²) >= 11 is 3.52. The first kappa shape index (κ1) is 11.6. The molecule has 0 fully saturated rings. The number of H-pyrrole nitrogens is 2. The number of hydrogen-bond donors (Lipinski definition) is 3. The van der Waals surface area contributed by atoms with Crippen molar-refractivity contribution in [3.63, 3.8) is 0 Å². The summed E-state index contributed by atoms with van der Waals surface area (Å²) in [4.78, 5) is 6.56. The van der Waals surface area contributed by atoms with Gasteiger partial charge in [-0.1, -0.05) is 34.1 Å². The number of aromatic amines is 2. The molecule has 0 aliphatic heterocycles. The van der Waals surface area contributed by atoms with Gasteiger partial charge in [0, 0.05) is 38.7 Å². The predicted molar refractivity (Wildman–Crippen MR) is 87.6 cm³/mol. The first-order chi connectivity index (χ1) is 9.81. The van der Waals surface area contributed by atoms with Crippen LogP contribution in [0.2, 0.25) is 0 Å². The third kappa shape index (κ3) is 1.80. The van der Waals surface area contributed by atoms with Gasteiger partial charge in [-0.15, -0.1) is 0 Å². The Labute approximate surface area is 124 Å². The Bertz CT molecular complexity index is 904. The number of fused-ring (bicyclic) bond motifs is 2. The van der Waals surface area contributed by atoms with Gasteiger partial charge in [0.1, 0.15) is 0 Å². The van der Waals surface area contributed by atoms with Crippen molar-refractivity contribution >= 4 is 49.1 Å². The van der Waals surface area contributed by atoms with Crippen LogP contribution in [0.5, 0.6) is 0 Å². The Hall–Kier alpha value is -2.20. The van der Waals surface area contributed by atoms with Gasteiger partial charge in [0.2, 0.25) is 0 Å². The molecule has 0 radical (unpaired) electrons. The molecule has 0 bridgehead atoms. The van der Waals surface area contributed by atoms with Crippen LogP contribution in [0.25, 0.3) is 21.8 Å². The Balaban J connectivity index is 1.82. The van der Waals surface area contributed by atoms with E-state index in [-0.39, 0.29) is 0 Å². The number of rotatable bonds is 2. The zero-order valence-corrected chi connectivity index (χ0v) is 12.2. The third-order valence-electron chi connectivity index (χ3n) is 3.50. The molecule has 3 N–H and O–H groups in total. The number of halogens is 1. The van der Waals surface area contributed by atoms with Crippen LogP contribution < -0.4 is 5.32 Å². The van der Waals surface area contributed by atoms with Crippen LogP contribution in [-0.2, 0) is 0 Å². The lowest BCUT2D eigenvalue weighted by Gasteiger charge is -2.03. The molecule has 3 nitrogen and oxygen atoms in total. The fourth-order valence-electron chi connectivity index (χ4n) is 2.52. The standard InChI is InChI=1S/C16H12BrN3/c17-10-5-6-14-12(7-10)16(9-19-14)20-15-8-18-13-4-2-1-3-11(13)15/h1-9,18-20H. The maximum absolute atomic E-state index is 3.52. The van der Waals surface area contributed by atoms with Gasteiger partial charge in [0.05, 0.1) is 11.4 Å². The van der Waals surface area contributed by atoms with E-state index < -0.39 is 0 Å². The second-order valence-corrected chi connectivity index (χ2v) is 5.68. The van der Waals surface area contributed by atoms with Gasteiger partial charge in [-0.3, -0.25) is 0 Å². The summed E-state index contributed by atoms with van der Waals surface area (Å²) in [6.07, 6.45) is 4.00. The van der Waals surface area contributed by atoms with Crippen LogP contribution in [0, 0.1) is 0 Å². The lowest BCUT2D eigenvalue weighted by atomic mass is 10.2. The highest BCUT2D eigenvalue weighted by Gasteiger charge is 2.07. The van der Waals surface area contributed by atoms with Gasteiger partial charge in [-0.05, 0) is 24.3 Å². The van der Waals surface area contributed by atoms with Crippen LogP contribution in [-0.4, -0.2) is 9.97 Å². The number of hydrogen-bond acceptors (Lipinski definition) is 1. The molecular formula is C16H12BrN3. The van der Waals surface area contributed by atoms with Crippen LogP contribution in [0.4, 0.5) is 11.4 Å². The smallest absolute Gasteiger partial charge is 0.0642 e. The van der Waals surface area contributed by atoms with E-state index in [0.29, 0.717) is 0 Å². The van der Waals surface area contributed by atoms with E-state index in [0.717, 1.165) is 26.9 Å². The van der Waals surface area contributed by atoms with Crippen molar-refractivity contribution in [2.75, 3.05) is 5.32 Å². The average Bonchev–Trinajstić information content (AvgIpc) is 3.05. The van der Waals surface area contributed by atoms with Gasteiger partial charge < -0.3 is 15.3 Å². The molecule has 0 unspecified atom stereocenters. The van der Waals surface area contributed by atoms with Crippen molar-refractivity contribution in [1.82, 2.24) is 9.97 Å². The molecule has 0 amide bonds. The van der Waals surface area contributed by atoms with E-state index in [1.165, 1.54) is 10.8 Å². The molecule has 20 heavy (non-hydrogen) atoms. The zero-order valence-electron chi connectivity index (χ0n) is 10.6. The minimum absolute atomic E-state index is 1.08. The van der Waals surface area contributed by atoms with Crippen LogP contribution >= 0.6 is 15.9 Å². The summed E-state index contributed by atoms with van der Waals surface area (Å²) in [6, 6.07) is 14.5. The van der Waals surface area contributed by atoms with Crippen molar-refractivity contribution in [1.29, 1.82) is 0 Å². The SMILES string of the molecule is Brc1ccc2[nH]cc(Nc3c[nH]c4ccccc34)c2c1. The Morgan fingerprint density at radius 3 is 2.35 bits per heavy atom. The minimum Gasteiger partial charge on any atom is -0.359 e. The van der Waals surface area contributed by atoms with Gasteiger partial charge in [0.25, 0.3) is 0 Å². The van der Waals surface area contributed by atoms with E-state index in [9.17, 15) is 0 Å². The molecule has 0 aliphatic rings. The molecule has 0 atom stereocenters. The fourth-order valence-corrected chi connectivity index (χ4v) is 2.88. The van der Waals surface area contributed by atoms with Crippen molar-refractivity contribution in [3.8, 4) is 0 Å². The van der Waals surface area contributed by atoms with Gasteiger partial charge in [0.15, 0.2) is 0 Å². The second kappa shape index (κ2) is 4.42. The lowest BCUT2D eigenvalue weighted by molar-refractivity contribution is 1.45. The van der Waals surface area contributed by atoms with E-state index in [2.05, 4.69) is 55.5 Å². The molecule has 2 aromatic heterocycles. The van der Waals surface area contributed by atoms with Crippen LogP contribution in [0.1, 0.15) is 0 Å². The molecule has 4 aromatic rings. The van der Waals surface area contributed by atoms with E-state index >= 15 is 0 Å². The molecule has 0 saturated carbocycles. The highest BCUT2D eigenvalue weighted by Crippen LogP contribution is 2.31. The summed E-state index contributed by atoms with van der Waals surface area (Å²) in [5, 5.41) is 5.86. The summed E-state index contributed by atoms with van der Waals surface area (Å²) in [6.45, 7) is 0. The first-order valence-electron chi connectivity index (χ1n) is 6.41. The van der Waals surface area contributed by atoms with E-state index in [1.807, 2.05) is 30.6 Å². The number of para-hydroxylation sites is 1. The molecule has 4 rings (SSSR count). The maximum atomic E-state index is 3.52. The lowest BCUT2D eigenvalue weighted by Crippen LogP contribution is -1.87. The first-order valence-corrected chi connectivity index (χ1v) is 7.20. The summed E-state index contributed by atoms with van der Waals surface area (Å²) in [5.74, 6) is 0. The monoisotopic (exact) mass is 325 g/mol. The molecule has 0 saturated heterocycles. The van der Waals surface area contributed by atoms with E-state index in [4.69, 9.17) is 0 Å². The van der Waals surface area contributed by atoms with Gasteiger partial charge in [-0.2, -0.15) is 0 Å².